The molecule has 0 unspecified atom stereocenters. The van der Waals surface area contributed by atoms with Crippen LogP contribution in [0.25, 0.3) is 0 Å². The molecule has 0 atom stereocenters. The highest BCUT2D eigenvalue weighted by atomic mass is 35.5. The van der Waals surface area contributed by atoms with Gasteiger partial charge in [0.05, 0.1) is 5.54 Å². The summed E-state index contributed by atoms with van der Waals surface area (Å²) in [4.78, 5) is 0. The van der Waals surface area contributed by atoms with Gasteiger partial charge in [-0.2, -0.15) is 17.4 Å². The number of nitrogens with zero attached hydrogens (tertiary/aromatic N) is 1. The minimum absolute atomic E-state index is 0.486. The second-order valence-corrected chi connectivity index (χ2v) is 7.35. The van der Waals surface area contributed by atoms with E-state index < -0.39 is 15.7 Å². The van der Waals surface area contributed by atoms with Crippen molar-refractivity contribution < 1.29 is 8.42 Å². The summed E-state index contributed by atoms with van der Waals surface area (Å²) in [6, 6.07) is 7.46. The van der Waals surface area contributed by atoms with Crippen LogP contribution in [0.4, 0.5) is 0 Å². The van der Waals surface area contributed by atoms with Crippen molar-refractivity contribution in [2.24, 2.45) is 0 Å². The molecule has 1 aromatic carbocycles. The van der Waals surface area contributed by atoms with E-state index in [4.69, 9.17) is 11.6 Å². The van der Waals surface area contributed by atoms with Crippen LogP contribution < -0.4 is 4.72 Å². The van der Waals surface area contributed by atoms with E-state index in [0.29, 0.717) is 18.1 Å². The Morgan fingerprint density at radius 3 is 2.37 bits per heavy atom. The first-order valence-corrected chi connectivity index (χ1v) is 8.39. The lowest BCUT2D eigenvalue weighted by atomic mass is 10.1. The van der Waals surface area contributed by atoms with Crippen molar-refractivity contribution in [2.45, 2.75) is 31.2 Å². The number of benzene rings is 1. The molecule has 4 nitrogen and oxygen atoms in total. The summed E-state index contributed by atoms with van der Waals surface area (Å²) in [7, 11) is -3.40. The SMILES string of the molecule is O=S(=O)(NC1(c2ccccc2Cl)CC1)N1CCCC1. The normalized spacial score (nSPS) is 22.6. The van der Waals surface area contributed by atoms with E-state index in [1.54, 1.807) is 6.07 Å². The van der Waals surface area contributed by atoms with Crippen LogP contribution >= 0.6 is 11.6 Å². The molecule has 104 valence electrons. The fraction of sp³-hybridized carbons (Fsp3) is 0.538. The summed E-state index contributed by atoms with van der Waals surface area (Å²) in [5.41, 5.74) is 0.402. The van der Waals surface area contributed by atoms with Crippen LogP contribution in [-0.2, 0) is 15.7 Å². The zero-order valence-electron chi connectivity index (χ0n) is 10.6. The van der Waals surface area contributed by atoms with E-state index in [-0.39, 0.29) is 0 Å². The van der Waals surface area contributed by atoms with Crippen LogP contribution in [0.5, 0.6) is 0 Å². The molecule has 2 aliphatic rings. The van der Waals surface area contributed by atoms with Gasteiger partial charge in [-0.05, 0) is 37.3 Å². The lowest BCUT2D eigenvalue weighted by Gasteiger charge is -2.23. The van der Waals surface area contributed by atoms with Gasteiger partial charge in [0.15, 0.2) is 0 Å². The summed E-state index contributed by atoms with van der Waals surface area (Å²) >= 11 is 6.19. The minimum Gasteiger partial charge on any atom is -0.195 e. The Morgan fingerprint density at radius 2 is 1.79 bits per heavy atom. The maximum atomic E-state index is 12.3. The van der Waals surface area contributed by atoms with E-state index in [0.717, 1.165) is 31.2 Å². The number of rotatable bonds is 4. The van der Waals surface area contributed by atoms with Crippen molar-refractivity contribution in [3.8, 4) is 0 Å². The van der Waals surface area contributed by atoms with Gasteiger partial charge in [0.1, 0.15) is 0 Å². The van der Waals surface area contributed by atoms with Crippen LogP contribution in [0.15, 0.2) is 24.3 Å². The second-order valence-electron chi connectivity index (χ2n) is 5.28. The largest absolute Gasteiger partial charge is 0.280 e. The molecular weight excluding hydrogens is 284 g/mol. The van der Waals surface area contributed by atoms with Crippen molar-refractivity contribution in [1.82, 2.24) is 9.03 Å². The third-order valence-corrected chi connectivity index (χ3v) is 5.89. The van der Waals surface area contributed by atoms with Gasteiger partial charge in [-0.25, -0.2) is 0 Å². The van der Waals surface area contributed by atoms with Crippen molar-refractivity contribution >= 4 is 21.8 Å². The molecule has 1 saturated carbocycles. The summed E-state index contributed by atoms with van der Waals surface area (Å²) in [5, 5.41) is 0.629. The minimum atomic E-state index is -3.40. The molecule has 1 heterocycles. The van der Waals surface area contributed by atoms with Gasteiger partial charge in [-0.1, -0.05) is 29.8 Å². The summed E-state index contributed by atoms with van der Waals surface area (Å²) in [6.45, 7) is 1.24. The number of nitrogens with one attached hydrogen (secondary N) is 1. The molecule has 19 heavy (non-hydrogen) atoms. The predicted molar refractivity (Wildman–Crippen MR) is 75.2 cm³/mol. The third-order valence-electron chi connectivity index (χ3n) is 3.87. The van der Waals surface area contributed by atoms with Gasteiger partial charge >= 0.3 is 0 Å². The number of hydrogen-bond acceptors (Lipinski definition) is 2. The Bertz CT molecular complexity index is 578. The second kappa shape index (κ2) is 4.74. The summed E-state index contributed by atoms with van der Waals surface area (Å²) in [5.74, 6) is 0. The summed E-state index contributed by atoms with van der Waals surface area (Å²) < 4.78 is 29.1. The number of hydrogen-bond donors (Lipinski definition) is 1. The predicted octanol–water partition coefficient (Wildman–Crippen LogP) is 2.26. The molecule has 1 aliphatic heterocycles. The third kappa shape index (κ3) is 2.52. The van der Waals surface area contributed by atoms with Crippen LogP contribution in [-0.4, -0.2) is 25.8 Å². The maximum Gasteiger partial charge on any atom is 0.280 e. The summed E-state index contributed by atoms with van der Waals surface area (Å²) in [6.07, 6.45) is 3.51. The molecule has 0 radical (unpaired) electrons. The Kier molecular flexibility index (Phi) is 3.33. The van der Waals surface area contributed by atoms with Crippen LogP contribution in [0.1, 0.15) is 31.2 Å². The van der Waals surface area contributed by atoms with Crippen LogP contribution in [0.3, 0.4) is 0 Å². The lowest BCUT2D eigenvalue weighted by molar-refractivity contribution is 0.450. The quantitative estimate of drug-likeness (QED) is 0.927. The van der Waals surface area contributed by atoms with E-state index in [9.17, 15) is 8.42 Å². The molecule has 0 bridgehead atoms. The highest BCUT2D eigenvalue weighted by Crippen LogP contribution is 2.48. The van der Waals surface area contributed by atoms with Crippen molar-refractivity contribution in [1.29, 1.82) is 0 Å². The molecule has 3 rings (SSSR count). The van der Waals surface area contributed by atoms with Gasteiger partial charge in [0, 0.05) is 18.1 Å². The topological polar surface area (TPSA) is 49.4 Å². The van der Waals surface area contributed by atoms with Crippen LogP contribution in [0, 0.1) is 0 Å². The zero-order chi connectivity index (χ0) is 13.5. The first-order valence-electron chi connectivity index (χ1n) is 6.58. The average Bonchev–Trinajstić information content (AvgIpc) is 2.93. The Hall–Kier alpha value is -0.620. The molecule has 6 heteroatoms. The highest BCUT2D eigenvalue weighted by molar-refractivity contribution is 7.87. The van der Waals surface area contributed by atoms with Crippen molar-refractivity contribution in [2.75, 3.05) is 13.1 Å². The first kappa shape index (κ1) is 13.4. The van der Waals surface area contributed by atoms with Crippen LogP contribution in [0.2, 0.25) is 5.02 Å². The molecular formula is C13H17ClN2O2S. The number of halogens is 1. The van der Waals surface area contributed by atoms with E-state index in [2.05, 4.69) is 4.72 Å². The van der Waals surface area contributed by atoms with Gasteiger partial charge in [-0.15, -0.1) is 0 Å². The van der Waals surface area contributed by atoms with E-state index >= 15 is 0 Å². The van der Waals surface area contributed by atoms with Gasteiger partial charge < -0.3 is 0 Å². The van der Waals surface area contributed by atoms with Crippen molar-refractivity contribution in [3.05, 3.63) is 34.9 Å². The smallest absolute Gasteiger partial charge is 0.195 e. The van der Waals surface area contributed by atoms with Gasteiger partial charge in [-0.3, -0.25) is 0 Å². The molecule has 1 saturated heterocycles. The Morgan fingerprint density at radius 1 is 1.16 bits per heavy atom. The molecule has 1 N–H and O–H groups in total. The fourth-order valence-corrected chi connectivity index (χ4v) is 4.63. The molecule has 1 aromatic rings. The van der Waals surface area contributed by atoms with Gasteiger partial charge in [0.25, 0.3) is 10.2 Å². The Labute approximate surface area is 118 Å². The monoisotopic (exact) mass is 300 g/mol. The Balaban J connectivity index is 1.85. The highest BCUT2D eigenvalue weighted by Gasteiger charge is 2.49. The molecule has 0 amide bonds. The zero-order valence-corrected chi connectivity index (χ0v) is 12.2. The van der Waals surface area contributed by atoms with E-state index in [1.807, 2.05) is 18.2 Å². The standard InChI is InChI=1S/C13H17ClN2O2S/c14-12-6-2-1-5-11(12)13(7-8-13)15-19(17,18)16-9-3-4-10-16/h1-2,5-6,15H,3-4,7-10H2. The molecule has 0 spiro atoms. The average molecular weight is 301 g/mol. The maximum absolute atomic E-state index is 12.3. The molecule has 1 aliphatic carbocycles. The molecule has 0 aromatic heterocycles. The lowest BCUT2D eigenvalue weighted by Crippen LogP contribution is -2.44. The van der Waals surface area contributed by atoms with E-state index in [1.165, 1.54) is 4.31 Å². The first-order chi connectivity index (χ1) is 9.04. The van der Waals surface area contributed by atoms with Crippen molar-refractivity contribution in [3.63, 3.8) is 0 Å². The fourth-order valence-electron chi connectivity index (χ4n) is 2.64. The van der Waals surface area contributed by atoms with Gasteiger partial charge in [0.2, 0.25) is 0 Å². The molecule has 2 fully saturated rings.